The van der Waals surface area contributed by atoms with Gasteiger partial charge in [-0.15, -0.1) is 0 Å². The van der Waals surface area contributed by atoms with Crippen molar-refractivity contribution in [1.29, 1.82) is 0 Å². The SMILES string of the molecule is COc1cc(CNC(=O)Nc2ccc(I)cc2)ccc1OCCO. The number of amides is 2. The minimum Gasteiger partial charge on any atom is -0.493 e. The van der Waals surface area contributed by atoms with Gasteiger partial charge in [-0.3, -0.25) is 0 Å². The van der Waals surface area contributed by atoms with Gasteiger partial charge >= 0.3 is 6.03 Å². The molecule has 0 spiro atoms. The summed E-state index contributed by atoms with van der Waals surface area (Å²) in [6.07, 6.45) is 0. The van der Waals surface area contributed by atoms with Crippen molar-refractivity contribution in [2.24, 2.45) is 0 Å². The third kappa shape index (κ3) is 5.57. The number of anilines is 1. The number of methoxy groups -OCH3 is 1. The van der Waals surface area contributed by atoms with E-state index < -0.39 is 0 Å². The largest absolute Gasteiger partial charge is 0.493 e. The predicted octanol–water partition coefficient (Wildman–Crippen LogP) is 2.99. The summed E-state index contributed by atoms with van der Waals surface area (Å²) in [7, 11) is 1.54. The van der Waals surface area contributed by atoms with E-state index in [1.807, 2.05) is 30.3 Å². The molecule has 2 rings (SSSR count). The maximum absolute atomic E-state index is 11.9. The van der Waals surface area contributed by atoms with Crippen LogP contribution in [0.5, 0.6) is 11.5 Å². The maximum atomic E-state index is 11.9. The zero-order chi connectivity index (χ0) is 17.4. The molecule has 0 fully saturated rings. The molecule has 0 aliphatic heterocycles. The maximum Gasteiger partial charge on any atom is 0.319 e. The number of carbonyl (C=O) groups is 1. The number of ether oxygens (including phenoxy) is 2. The number of aliphatic hydroxyl groups is 1. The van der Waals surface area contributed by atoms with E-state index in [-0.39, 0.29) is 19.2 Å². The van der Waals surface area contributed by atoms with Gasteiger partial charge in [0, 0.05) is 15.8 Å². The summed E-state index contributed by atoms with van der Waals surface area (Å²) in [6, 6.07) is 12.6. The second-order valence-corrected chi connectivity index (χ2v) is 6.12. The minimum absolute atomic E-state index is 0.0643. The molecule has 0 radical (unpaired) electrons. The molecule has 2 amide bonds. The Hall–Kier alpha value is -2.00. The van der Waals surface area contributed by atoms with Gasteiger partial charge in [0.1, 0.15) is 6.61 Å². The number of nitrogens with one attached hydrogen (secondary N) is 2. The molecular formula is C17H19IN2O4. The number of hydrogen-bond acceptors (Lipinski definition) is 4. The fraction of sp³-hybridized carbons (Fsp3) is 0.235. The van der Waals surface area contributed by atoms with Crippen molar-refractivity contribution in [2.75, 3.05) is 25.6 Å². The van der Waals surface area contributed by atoms with Crippen LogP contribution in [0.4, 0.5) is 10.5 Å². The third-order valence-corrected chi connectivity index (χ3v) is 3.85. The van der Waals surface area contributed by atoms with Gasteiger partial charge in [0.15, 0.2) is 11.5 Å². The Morgan fingerprint density at radius 1 is 1.17 bits per heavy atom. The number of halogens is 1. The van der Waals surface area contributed by atoms with Crippen LogP contribution in [-0.4, -0.2) is 31.5 Å². The van der Waals surface area contributed by atoms with E-state index in [9.17, 15) is 4.79 Å². The van der Waals surface area contributed by atoms with Crippen LogP contribution in [0.1, 0.15) is 5.56 Å². The molecule has 7 heteroatoms. The smallest absolute Gasteiger partial charge is 0.319 e. The van der Waals surface area contributed by atoms with Crippen LogP contribution in [0.25, 0.3) is 0 Å². The molecule has 2 aromatic carbocycles. The van der Waals surface area contributed by atoms with Crippen molar-refractivity contribution >= 4 is 34.3 Å². The predicted molar refractivity (Wildman–Crippen MR) is 101 cm³/mol. The Morgan fingerprint density at radius 2 is 1.92 bits per heavy atom. The van der Waals surface area contributed by atoms with E-state index in [1.54, 1.807) is 19.2 Å². The topological polar surface area (TPSA) is 79.8 Å². The zero-order valence-corrected chi connectivity index (χ0v) is 15.4. The molecule has 0 aliphatic rings. The zero-order valence-electron chi connectivity index (χ0n) is 13.2. The van der Waals surface area contributed by atoms with Crippen LogP contribution in [-0.2, 0) is 6.54 Å². The molecule has 0 bridgehead atoms. The molecule has 24 heavy (non-hydrogen) atoms. The highest BCUT2D eigenvalue weighted by Crippen LogP contribution is 2.28. The highest BCUT2D eigenvalue weighted by molar-refractivity contribution is 14.1. The lowest BCUT2D eigenvalue weighted by atomic mass is 10.2. The van der Waals surface area contributed by atoms with Gasteiger partial charge in [-0.05, 0) is 64.6 Å². The average molecular weight is 442 g/mol. The fourth-order valence-electron chi connectivity index (χ4n) is 1.99. The number of carbonyl (C=O) groups excluding carboxylic acids is 1. The minimum atomic E-state index is -0.282. The number of benzene rings is 2. The summed E-state index contributed by atoms with van der Waals surface area (Å²) in [5.41, 5.74) is 1.61. The summed E-state index contributed by atoms with van der Waals surface area (Å²) >= 11 is 2.21. The molecule has 2 aromatic rings. The Labute approximate surface area is 154 Å². The normalized spacial score (nSPS) is 10.1. The summed E-state index contributed by atoms with van der Waals surface area (Å²) < 4.78 is 11.7. The summed E-state index contributed by atoms with van der Waals surface area (Å²) in [4.78, 5) is 11.9. The van der Waals surface area contributed by atoms with E-state index in [0.717, 1.165) is 14.8 Å². The summed E-state index contributed by atoms with van der Waals surface area (Å²) in [6.45, 7) is 0.490. The van der Waals surface area contributed by atoms with Crippen molar-refractivity contribution in [3.63, 3.8) is 0 Å². The number of rotatable bonds is 7. The molecular weight excluding hydrogens is 423 g/mol. The molecule has 128 valence electrons. The van der Waals surface area contributed by atoms with E-state index >= 15 is 0 Å². The number of urea groups is 1. The molecule has 0 atom stereocenters. The first kappa shape index (κ1) is 18.3. The van der Waals surface area contributed by atoms with Crippen LogP contribution in [0.15, 0.2) is 42.5 Å². The highest BCUT2D eigenvalue weighted by Gasteiger charge is 2.07. The Morgan fingerprint density at radius 3 is 2.58 bits per heavy atom. The molecule has 0 aliphatic carbocycles. The van der Waals surface area contributed by atoms with E-state index in [2.05, 4.69) is 33.2 Å². The lowest BCUT2D eigenvalue weighted by Crippen LogP contribution is -2.28. The van der Waals surface area contributed by atoms with Gasteiger partial charge in [-0.2, -0.15) is 0 Å². The van der Waals surface area contributed by atoms with Crippen molar-refractivity contribution in [2.45, 2.75) is 6.54 Å². The van der Waals surface area contributed by atoms with Crippen molar-refractivity contribution in [3.8, 4) is 11.5 Å². The van der Waals surface area contributed by atoms with Crippen molar-refractivity contribution in [3.05, 3.63) is 51.6 Å². The second kappa shape index (κ2) is 9.33. The molecule has 6 nitrogen and oxygen atoms in total. The number of aliphatic hydroxyl groups excluding tert-OH is 1. The van der Waals surface area contributed by atoms with Gasteiger partial charge in [0.05, 0.1) is 13.7 Å². The van der Waals surface area contributed by atoms with E-state index in [0.29, 0.717) is 18.0 Å². The van der Waals surface area contributed by atoms with Gasteiger partial charge in [0.2, 0.25) is 0 Å². The van der Waals surface area contributed by atoms with Gasteiger partial charge in [0.25, 0.3) is 0 Å². The second-order valence-electron chi connectivity index (χ2n) is 4.87. The summed E-state index contributed by atoms with van der Waals surface area (Å²) in [5.74, 6) is 1.11. The molecule has 0 saturated carbocycles. The standard InChI is InChI=1S/C17H19IN2O4/c1-23-16-10-12(2-7-15(16)24-9-8-21)11-19-17(22)20-14-5-3-13(18)4-6-14/h2-7,10,21H,8-9,11H2,1H3,(H2,19,20,22). The summed E-state index contributed by atoms with van der Waals surface area (Å²) in [5, 5.41) is 14.4. The van der Waals surface area contributed by atoms with Crippen LogP contribution in [0.2, 0.25) is 0 Å². The monoisotopic (exact) mass is 442 g/mol. The van der Waals surface area contributed by atoms with Crippen LogP contribution < -0.4 is 20.1 Å². The lowest BCUT2D eigenvalue weighted by molar-refractivity contribution is 0.196. The first-order valence-electron chi connectivity index (χ1n) is 7.33. The molecule has 0 unspecified atom stereocenters. The van der Waals surface area contributed by atoms with Crippen LogP contribution in [0.3, 0.4) is 0 Å². The Bertz CT molecular complexity index is 677. The Balaban J connectivity index is 1.91. The van der Waals surface area contributed by atoms with Crippen molar-refractivity contribution in [1.82, 2.24) is 5.32 Å². The van der Waals surface area contributed by atoms with Crippen LogP contribution >= 0.6 is 22.6 Å². The first-order chi connectivity index (χ1) is 11.6. The van der Waals surface area contributed by atoms with Crippen molar-refractivity contribution < 1.29 is 19.4 Å². The number of hydrogen-bond donors (Lipinski definition) is 3. The van der Waals surface area contributed by atoms with Crippen LogP contribution in [0, 0.1) is 3.57 Å². The lowest BCUT2D eigenvalue weighted by Gasteiger charge is -2.12. The molecule has 0 aromatic heterocycles. The molecule has 3 N–H and O–H groups in total. The van der Waals surface area contributed by atoms with E-state index in [1.165, 1.54) is 0 Å². The van der Waals surface area contributed by atoms with Gasteiger partial charge in [-0.1, -0.05) is 6.07 Å². The quantitative estimate of drug-likeness (QED) is 0.577. The average Bonchev–Trinajstić information content (AvgIpc) is 2.60. The molecule has 0 heterocycles. The fourth-order valence-corrected chi connectivity index (χ4v) is 2.35. The third-order valence-electron chi connectivity index (χ3n) is 3.13. The highest BCUT2D eigenvalue weighted by atomic mass is 127. The Kier molecular flexibility index (Phi) is 7.13. The van der Waals surface area contributed by atoms with E-state index in [4.69, 9.17) is 14.6 Å². The molecule has 0 saturated heterocycles. The van der Waals surface area contributed by atoms with Gasteiger partial charge < -0.3 is 25.2 Å². The first-order valence-corrected chi connectivity index (χ1v) is 8.41. The van der Waals surface area contributed by atoms with Gasteiger partial charge in [-0.25, -0.2) is 4.79 Å².